The molecule has 194 valence electrons. The number of hydrogen-bond donors (Lipinski definition) is 1. The Morgan fingerprint density at radius 1 is 1.16 bits per heavy atom. The zero-order valence-electron chi connectivity index (χ0n) is 19.4. The van der Waals surface area contributed by atoms with E-state index in [0.29, 0.717) is 29.1 Å². The van der Waals surface area contributed by atoms with E-state index in [4.69, 9.17) is 14.3 Å². The van der Waals surface area contributed by atoms with Crippen LogP contribution in [0.3, 0.4) is 0 Å². The van der Waals surface area contributed by atoms with Crippen molar-refractivity contribution in [1.29, 1.82) is 0 Å². The third-order valence-electron chi connectivity index (χ3n) is 5.94. The maximum atomic E-state index is 14.7. The lowest BCUT2D eigenvalue weighted by Crippen LogP contribution is -2.57. The fourth-order valence-electron chi connectivity index (χ4n) is 4.18. The lowest BCUT2D eigenvalue weighted by Gasteiger charge is -2.40. The van der Waals surface area contributed by atoms with Crippen molar-refractivity contribution < 1.29 is 41.4 Å². The highest BCUT2D eigenvalue weighted by Crippen LogP contribution is 2.43. The molecule has 3 aromatic rings. The highest BCUT2D eigenvalue weighted by atomic mass is 19.3. The molecule has 0 spiro atoms. The molecule has 2 aliphatic heterocycles. The summed E-state index contributed by atoms with van der Waals surface area (Å²) >= 11 is 0. The number of hydrogen-bond acceptors (Lipinski definition) is 7. The Morgan fingerprint density at radius 3 is 2.51 bits per heavy atom. The first-order valence-electron chi connectivity index (χ1n) is 10.8. The Labute approximate surface area is 206 Å². The molecular weight excluding hydrogens is 503 g/mol. The van der Waals surface area contributed by atoms with E-state index in [0.717, 1.165) is 10.6 Å². The van der Waals surface area contributed by atoms with Gasteiger partial charge in [0, 0.05) is 11.8 Å². The molecule has 1 aromatic heterocycles. The summed E-state index contributed by atoms with van der Waals surface area (Å²) in [6.45, 7) is -0.396. The number of aryl methyl sites for hydroxylation is 1. The van der Waals surface area contributed by atoms with Crippen molar-refractivity contribution in [2.75, 3.05) is 20.3 Å². The van der Waals surface area contributed by atoms with E-state index in [9.17, 15) is 27.1 Å². The largest absolute Gasteiger partial charge is 0.495 e. The summed E-state index contributed by atoms with van der Waals surface area (Å²) in [5.74, 6) is -5.24. The molecule has 0 aliphatic carbocycles. The summed E-state index contributed by atoms with van der Waals surface area (Å²) in [6.07, 6.45) is 0.800. The summed E-state index contributed by atoms with van der Waals surface area (Å²) in [7, 11) is 1.44. The first-order valence-corrected chi connectivity index (χ1v) is 10.8. The van der Waals surface area contributed by atoms with E-state index in [1.165, 1.54) is 13.2 Å². The first-order chi connectivity index (χ1) is 17.6. The molecule has 37 heavy (non-hydrogen) atoms. The molecule has 3 heterocycles. The number of ether oxygens (including phenoxy) is 2. The summed E-state index contributed by atoms with van der Waals surface area (Å²) in [5.41, 5.74) is -0.906. The number of nitrogens with zero attached hydrogens (tertiary/aromatic N) is 4. The summed E-state index contributed by atoms with van der Waals surface area (Å²) < 4.78 is 82.9. The Kier molecular flexibility index (Phi) is 5.82. The van der Waals surface area contributed by atoms with E-state index in [2.05, 4.69) is 10.1 Å². The van der Waals surface area contributed by atoms with Crippen molar-refractivity contribution in [2.24, 2.45) is 5.16 Å². The maximum absolute atomic E-state index is 14.7. The van der Waals surface area contributed by atoms with E-state index in [-0.39, 0.29) is 5.84 Å². The Morgan fingerprint density at radius 2 is 1.89 bits per heavy atom. The summed E-state index contributed by atoms with van der Waals surface area (Å²) in [5, 5.41) is 13.9. The topological polar surface area (TPSA) is 81.3 Å². The van der Waals surface area contributed by atoms with Crippen molar-refractivity contribution >= 4 is 11.9 Å². The van der Waals surface area contributed by atoms with Gasteiger partial charge in [0.25, 0.3) is 5.72 Å². The summed E-state index contributed by atoms with van der Waals surface area (Å²) in [6, 6.07) is 5.96. The van der Waals surface area contributed by atoms with Crippen LogP contribution in [-0.2, 0) is 15.3 Å². The van der Waals surface area contributed by atoms with E-state index in [1.54, 1.807) is 35.3 Å². The number of aliphatic hydroxyl groups is 1. The van der Waals surface area contributed by atoms with Crippen LogP contribution in [-0.4, -0.2) is 51.8 Å². The molecule has 0 saturated carbocycles. The van der Waals surface area contributed by atoms with Gasteiger partial charge in [0.2, 0.25) is 5.84 Å². The number of aliphatic hydroxyl groups excluding tert-OH is 1. The standard InChI is InChI=1S/C24H19F5N4O4/c1-13-9-32(12-30-13)18-4-3-14(5-19(18)35-2)6-20-22-31-37-23(11-34,33(22)10-24(28,29)36-20)15-7-16(25)21(27)17(26)8-15/h3-9,12,34H,10-11H2,1-2H3/b20-6-/t23-/m1/s1. The molecule has 5 rings (SSSR count). The van der Waals surface area contributed by atoms with Gasteiger partial charge < -0.3 is 24.0 Å². The Balaban J connectivity index is 1.55. The minimum absolute atomic E-state index is 0.265. The molecule has 0 radical (unpaired) electrons. The van der Waals surface area contributed by atoms with Crippen molar-refractivity contribution in [3.05, 3.63) is 82.9 Å². The van der Waals surface area contributed by atoms with Gasteiger partial charge in [0.1, 0.15) is 18.9 Å². The van der Waals surface area contributed by atoms with Crippen LogP contribution in [0.25, 0.3) is 11.8 Å². The lowest BCUT2D eigenvalue weighted by atomic mass is 9.99. The second-order valence-electron chi connectivity index (χ2n) is 8.39. The van der Waals surface area contributed by atoms with Crippen LogP contribution in [0.5, 0.6) is 5.75 Å². The molecule has 0 unspecified atom stereocenters. The second-order valence-corrected chi connectivity index (χ2v) is 8.39. The Bertz CT molecular complexity index is 1420. The highest BCUT2D eigenvalue weighted by molar-refractivity contribution is 6.01. The van der Waals surface area contributed by atoms with Gasteiger partial charge in [-0.2, -0.15) is 8.78 Å². The van der Waals surface area contributed by atoms with Crippen molar-refractivity contribution in [3.8, 4) is 11.4 Å². The van der Waals surface area contributed by atoms with Gasteiger partial charge in [0.15, 0.2) is 23.2 Å². The number of methoxy groups -OCH3 is 1. The van der Waals surface area contributed by atoms with Crippen LogP contribution in [0.2, 0.25) is 0 Å². The number of aromatic nitrogens is 2. The summed E-state index contributed by atoms with van der Waals surface area (Å²) in [4.78, 5) is 10.3. The quantitative estimate of drug-likeness (QED) is 0.402. The molecule has 2 aromatic carbocycles. The van der Waals surface area contributed by atoms with Gasteiger partial charge in [-0.3, -0.25) is 4.90 Å². The fraction of sp³-hybridized carbons (Fsp3) is 0.250. The van der Waals surface area contributed by atoms with Gasteiger partial charge in [0.05, 0.1) is 24.8 Å². The third kappa shape index (κ3) is 4.14. The molecule has 0 bridgehead atoms. The monoisotopic (exact) mass is 522 g/mol. The minimum atomic E-state index is -3.81. The van der Waals surface area contributed by atoms with E-state index < -0.39 is 53.8 Å². The van der Waals surface area contributed by atoms with Crippen LogP contribution >= 0.6 is 0 Å². The molecule has 13 heteroatoms. The molecular formula is C24H19F5N4O4. The fourth-order valence-corrected chi connectivity index (χ4v) is 4.18. The van der Waals surface area contributed by atoms with E-state index in [1.807, 2.05) is 6.92 Å². The zero-order valence-corrected chi connectivity index (χ0v) is 19.4. The normalized spacial score (nSPS) is 21.4. The van der Waals surface area contributed by atoms with Gasteiger partial charge >= 0.3 is 6.11 Å². The van der Waals surface area contributed by atoms with Crippen molar-refractivity contribution in [1.82, 2.24) is 14.5 Å². The molecule has 1 fully saturated rings. The van der Waals surface area contributed by atoms with Crippen LogP contribution in [0.4, 0.5) is 22.0 Å². The average molecular weight is 522 g/mol. The number of fused-ring (bicyclic) bond motifs is 1. The third-order valence-corrected chi connectivity index (χ3v) is 5.94. The Hall–Kier alpha value is -4.13. The number of morpholine rings is 1. The van der Waals surface area contributed by atoms with Gasteiger partial charge in [-0.1, -0.05) is 11.2 Å². The average Bonchev–Trinajstić information content (AvgIpc) is 3.45. The number of rotatable bonds is 5. The van der Waals surface area contributed by atoms with Crippen LogP contribution in [0, 0.1) is 24.4 Å². The lowest BCUT2D eigenvalue weighted by molar-refractivity contribution is -0.248. The predicted molar refractivity (Wildman–Crippen MR) is 119 cm³/mol. The zero-order chi connectivity index (χ0) is 26.5. The van der Waals surface area contributed by atoms with Crippen molar-refractivity contribution in [2.45, 2.75) is 18.8 Å². The number of alkyl halides is 2. The number of halogens is 5. The molecule has 1 atom stereocenters. The number of imidazole rings is 1. The number of amidine groups is 1. The van der Waals surface area contributed by atoms with Crippen LogP contribution in [0.15, 0.2) is 53.8 Å². The van der Waals surface area contributed by atoms with Crippen LogP contribution < -0.4 is 4.74 Å². The van der Waals surface area contributed by atoms with Gasteiger partial charge in [-0.25, -0.2) is 18.2 Å². The SMILES string of the molecule is COc1cc(/C=C2\OC(F)(F)CN3C2=NO[C@]3(CO)c2cc(F)c(F)c(F)c2)ccc1-n1cnc(C)c1. The van der Waals surface area contributed by atoms with Crippen molar-refractivity contribution in [3.63, 3.8) is 0 Å². The molecule has 1 N–H and O–H groups in total. The first kappa shape index (κ1) is 24.6. The molecule has 2 aliphatic rings. The smallest absolute Gasteiger partial charge is 0.416 e. The van der Waals surface area contributed by atoms with Gasteiger partial charge in [-0.15, -0.1) is 0 Å². The van der Waals surface area contributed by atoms with Gasteiger partial charge in [-0.05, 0) is 42.8 Å². The van der Waals surface area contributed by atoms with Crippen LogP contribution in [0.1, 0.15) is 16.8 Å². The number of benzene rings is 2. The predicted octanol–water partition coefficient (Wildman–Crippen LogP) is 4.06. The molecule has 0 amide bonds. The molecule has 1 saturated heterocycles. The minimum Gasteiger partial charge on any atom is -0.495 e. The number of oxime groups is 1. The maximum Gasteiger partial charge on any atom is 0.416 e. The highest BCUT2D eigenvalue weighted by Gasteiger charge is 2.57. The van der Waals surface area contributed by atoms with E-state index >= 15 is 0 Å². The second kappa shape index (κ2) is 8.76. The molecule has 8 nitrogen and oxygen atoms in total.